The van der Waals surface area contributed by atoms with Crippen molar-refractivity contribution in [1.29, 1.82) is 0 Å². The Balaban J connectivity index is 3.54. The quantitative estimate of drug-likeness (QED) is 0.549. The van der Waals surface area contributed by atoms with Gasteiger partial charge in [-0.1, -0.05) is 40.0 Å². The van der Waals surface area contributed by atoms with Gasteiger partial charge < -0.3 is 10.4 Å². The van der Waals surface area contributed by atoms with Crippen LogP contribution in [0.25, 0.3) is 0 Å². The van der Waals surface area contributed by atoms with Crippen molar-refractivity contribution < 1.29 is 5.11 Å². The Bertz CT molecular complexity index is 124. The van der Waals surface area contributed by atoms with Crippen molar-refractivity contribution in [3.05, 3.63) is 0 Å². The van der Waals surface area contributed by atoms with Gasteiger partial charge in [-0.2, -0.15) is 0 Å². The number of hydrogen-bond donors (Lipinski definition) is 2. The molecule has 0 amide bonds. The lowest BCUT2D eigenvalue weighted by molar-refractivity contribution is 0.113. The molecule has 0 aromatic heterocycles. The topological polar surface area (TPSA) is 32.3 Å². The number of aliphatic hydroxyl groups excluding tert-OH is 1. The molecular weight excluding hydrogens is 186 g/mol. The first kappa shape index (κ1) is 14.9. The van der Waals surface area contributed by atoms with Crippen molar-refractivity contribution in [1.82, 2.24) is 5.32 Å². The standard InChI is InChI=1S/C13H29NO/c1-4-7-8-9-10-14-11-13(5-2,6-3)12-15/h14-15H,4-12H2,1-3H3. The summed E-state index contributed by atoms with van der Waals surface area (Å²) in [6, 6.07) is 0. The molecule has 2 N–H and O–H groups in total. The van der Waals surface area contributed by atoms with E-state index in [9.17, 15) is 5.11 Å². The van der Waals surface area contributed by atoms with E-state index >= 15 is 0 Å². The van der Waals surface area contributed by atoms with E-state index < -0.39 is 0 Å². The van der Waals surface area contributed by atoms with E-state index in [1.165, 1.54) is 25.7 Å². The predicted molar refractivity (Wildman–Crippen MR) is 67.1 cm³/mol. The SMILES string of the molecule is CCCCCCNCC(CC)(CC)CO. The summed E-state index contributed by atoms with van der Waals surface area (Å²) in [6.45, 7) is 8.93. The molecule has 0 radical (unpaired) electrons. The van der Waals surface area contributed by atoms with Crippen molar-refractivity contribution in [3.8, 4) is 0 Å². The van der Waals surface area contributed by atoms with Crippen molar-refractivity contribution in [3.63, 3.8) is 0 Å². The maximum Gasteiger partial charge on any atom is 0.0499 e. The molecule has 0 unspecified atom stereocenters. The van der Waals surface area contributed by atoms with Crippen molar-refractivity contribution in [2.75, 3.05) is 19.7 Å². The highest BCUT2D eigenvalue weighted by atomic mass is 16.3. The first-order chi connectivity index (χ1) is 7.24. The minimum absolute atomic E-state index is 0.116. The van der Waals surface area contributed by atoms with E-state index in [1.54, 1.807) is 0 Å². The van der Waals surface area contributed by atoms with E-state index in [2.05, 4.69) is 26.1 Å². The molecular formula is C13H29NO. The fourth-order valence-corrected chi connectivity index (χ4v) is 1.81. The monoisotopic (exact) mass is 215 g/mol. The van der Waals surface area contributed by atoms with Gasteiger partial charge in [0.2, 0.25) is 0 Å². The molecule has 0 fully saturated rings. The second-order valence-electron chi connectivity index (χ2n) is 4.60. The number of aliphatic hydroxyl groups is 1. The van der Waals surface area contributed by atoms with Crippen LogP contribution in [0, 0.1) is 5.41 Å². The van der Waals surface area contributed by atoms with E-state index in [0.717, 1.165) is 25.9 Å². The smallest absolute Gasteiger partial charge is 0.0499 e. The van der Waals surface area contributed by atoms with Crippen LogP contribution in [-0.4, -0.2) is 24.8 Å². The summed E-state index contributed by atoms with van der Waals surface area (Å²) in [5.74, 6) is 0. The van der Waals surface area contributed by atoms with Gasteiger partial charge in [-0.15, -0.1) is 0 Å². The third-order valence-corrected chi connectivity index (χ3v) is 3.54. The minimum atomic E-state index is 0.116. The fourth-order valence-electron chi connectivity index (χ4n) is 1.81. The Labute approximate surface area is 95.5 Å². The summed E-state index contributed by atoms with van der Waals surface area (Å²) in [6.07, 6.45) is 7.35. The van der Waals surface area contributed by atoms with Crippen LogP contribution in [0.5, 0.6) is 0 Å². The average Bonchev–Trinajstić information content (AvgIpc) is 2.29. The zero-order chi connectivity index (χ0) is 11.6. The van der Waals surface area contributed by atoms with Crippen molar-refractivity contribution in [2.45, 2.75) is 59.3 Å². The molecule has 0 atom stereocenters. The van der Waals surface area contributed by atoms with E-state index in [-0.39, 0.29) is 5.41 Å². The molecule has 0 rings (SSSR count). The Hall–Kier alpha value is -0.0800. The molecule has 2 nitrogen and oxygen atoms in total. The lowest BCUT2D eigenvalue weighted by Gasteiger charge is -2.29. The van der Waals surface area contributed by atoms with Crippen LogP contribution in [0.15, 0.2) is 0 Å². The average molecular weight is 215 g/mol. The molecule has 0 saturated carbocycles. The van der Waals surface area contributed by atoms with Gasteiger partial charge in [0, 0.05) is 18.6 Å². The van der Waals surface area contributed by atoms with Gasteiger partial charge in [0.05, 0.1) is 0 Å². The largest absolute Gasteiger partial charge is 0.396 e. The Morgan fingerprint density at radius 2 is 1.67 bits per heavy atom. The van der Waals surface area contributed by atoms with E-state index in [0.29, 0.717) is 6.61 Å². The van der Waals surface area contributed by atoms with Crippen LogP contribution in [-0.2, 0) is 0 Å². The molecule has 15 heavy (non-hydrogen) atoms. The van der Waals surface area contributed by atoms with Crippen LogP contribution >= 0.6 is 0 Å². The molecule has 0 aliphatic heterocycles. The summed E-state index contributed by atoms with van der Waals surface area (Å²) >= 11 is 0. The fraction of sp³-hybridized carbons (Fsp3) is 1.00. The molecule has 0 aromatic carbocycles. The Kier molecular flexibility index (Phi) is 9.12. The number of rotatable bonds is 10. The lowest BCUT2D eigenvalue weighted by Crippen LogP contribution is -2.36. The lowest BCUT2D eigenvalue weighted by atomic mass is 9.83. The minimum Gasteiger partial charge on any atom is -0.396 e. The maximum absolute atomic E-state index is 9.38. The molecule has 92 valence electrons. The summed E-state index contributed by atoms with van der Waals surface area (Å²) < 4.78 is 0. The predicted octanol–water partition coefficient (Wildman–Crippen LogP) is 2.96. The third-order valence-electron chi connectivity index (χ3n) is 3.54. The summed E-state index contributed by atoms with van der Waals surface area (Å²) in [4.78, 5) is 0. The Morgan fingerprint density at radius 3 is 2.13 bits per heavy atom. The maximum atomic E-state index is 9.38. The number of nitrogens with one attached hydrogen (secondary N) is 1. The van der Waals surface area contributed by atoms with Crippen molar-refractivity contribution in [2.24, 2.45) is 5.41 Å². The van der Waals surface area contributed by atoms with Gasteiger partial charge in [0.25, 0.3) is 0 Å². The van der Waals surface area contributed by atoms with Gasteiger partial charge in [0.15, 0.2) is 0 Å². The number of hydrogen-bond acceptors (Lipinski definition) is 2. The highest BCUT2D eigenvalue weighted by molar-refractivity contribution is 4.77. The molecule has 2 heteroatoms. The molecule has 0 aliphatic carbocycles. The highest BCUT2D eigenvalue weighted by Crippen LogP contribution is 2.24. The molecule has 0 saturated heterocycles. The van der Waals surface area contributed by atoms with Gasteiger partial charge in [-0.3, -0.25) is 0 Å². The number of unbranched alkanes of at least 4 members (excludes halogenated alkanes) is 3. The van der Waals surface area contributed by atoms with Crippen LogP contribution in [0.1, 0.15) is 59.3 Å². The molecule has 0 aromatic rings. The van der Waals surface area contributed by atoms with Crippen LogP contribution in [0.2, 0.25) is 0 Å². The summed E-state index contributed by atoms with van der Waals surface area (Å²) in [5.41, 5.74) is 0.116. The molecule has 0 aliphatic rings. The summed E-state index contributed by atoms with van der Waals surface area (Å²) in [7, 11) is 0. The molecule has 0 heterocycles. The van der Waals surface area contributed by atoms with E-state index in [1.807, 2.05) is 0 Å². The zero-order valence-corrected chi connectivity index (χ0v) is 10.8. The van der Waals surface area contributed by atoms with E-state index in [4.69, 9.17) is 0 Å². The van der Waals surface area contributed by atoms with Crippen LogP contribution in [0.3, 0.4) is 0 Å². The second-order valence-corrected chi connectivity index (χ2v) is 4.60. The third kappa shape index (κ3) is 6.16. The van der Waals surface area contributed by atoms with Gasteiger partial charge in [0.1, 0.15) is 0 Å². The first-order valence-corrected chi connectivity index (χ1v) is 6.56. The molecule has 0 bridgehead atoms. The van der Waals surface area contributed by atoms with Crippen molar-refractivity contribution >= 4 is 0 Å². The summed E-state index contributed by atoms with van der Waals surface area (Å²) in [5, 5.41) is 12.9. The Morgan fingerprint density at radius 1 is 1.00 bits per heavy atom. The van der Waals surface area contributed by atoms with Crippen LogP contribution < -0.4 is 5.32 Å². The van der Waals surface area contributed by atoms with Gasteiger partial charge >= 0.3 is 0 Å². The first-order valence-electron chi connectivity index (χ1n) is 6.56. The highest BCUT2D eigenvalue weighted by Gasteiger charge is 2.24. The van der Waals surface area contributed by atoms with Crippen LogP contribution in [0.4, 0.5) is 0 Å². The second kappa shape index (κ2) is 9.17. The van der Waals surface area contributed by atoms with Gasteiger partial charge in [-0.25, -0.2) is 0 Å². The zero-order valence-electron chi connectivity index (χ0n) is 10.8. The van der Waals surface area contributed by atoms with Gasteiger partial charge in [-0.05, 0) is 25.8 Å². The normalized spacial score (nSPS) is 12.0. The molecule has 0 spiro atoms.